The van der Waals surface area contributed by atoms with Gasteiger partial charge in [-0.15, -0.1) is 0 Å². The van der Waals surface area contributed by atoms with Crippen LogP contribution in [-0.4, -0.2) is 35.7 Å². The molecule has 0 saturated carbocycles. The molecule has 1 aliphatic heterocycles. The molecule has 2 heterocycles. The number of hydrogen-bond acceptors (Lipinski definition) is 5. The third-order valence-corrected chi connectivity index (χ3v) is 4.06. The summed E-state index contributed by atoms with van der Waals surface area (Å²) < 4.78 is 13.9. The van der Waals surface area contributed by atoms with Crippen molar-refractivity contribution in [3.8, 4) is 0 Å². The van der Waals surface area contributed by atoms with Crippen molar-refractivity contribution >= 4 is 15.9 Å². The molecule has 0 aromatic carbocycles. The van der Waals surface area contributed by atoms with E-state index in [1.807, 2.05) is 4.68 Å². The number of hydrogen-bond donors (Lipinski definition) is 2. The molecule has 1 aliphatic rings. The maximum Gasteiger partial charge on any atom is 0.0901 e. The van der Waals surface area contributed by atoms with Gasteiger partial charge in [0.1, 0.15) is 0 Å². The number of nitrogens with two attached hydrogens (primary N) is 1. The van der Waals surface area contributed by atoms with Gasteiger partial charge in [-0.1, -0.05) is 0 Å². The molecule has 0 radical (unpaired) electrons. The van der Waals surface area contributed by atoms with Crippen LogP contribution in [0.4, 0.5) is 0 Å². The van der Waals surface area contributed by atoms with Crippen LogP contribution >= 0.6 is 15.9 Å². The standard InChI is InChI=1S/C12H21BrN4O2/c1-8-3-4-10(19-8)11(16-14)12-9(13)7-15-17(12)5-6-18-2/h7-8,10-11,16H,3-6,14H2,1-2H3. The van der Waals surface area contributed by atoms with Gasteiger partial charge in [0, 0.05) is 7.11 Å². The van der Waals surface area contributed by atoms with E-state index in [9.17, 15) is 0 Å². The molecular weight excluding hydrogens is 312 g/mol. The molecule has 1 aromatic heterocycles. The Labute approximate surface area is 121 Å². The van der Waals surface area contributed by atoms with Crippen molar-refractivity contribution in [3.05, 3.63) is 16.4 Å². The van der Waals surface area contributed by atoms with E-state index < -0.39 is 0 Å². The van der Waals surface area contributed by atoms with E-state index in [0.29, 0.717) is 13.2 Å². The van der Waals surface area contributed by atoms with E-state index in [-0.39, 0.29) is 18.2 Å². The summed E-state index contributed by atoms with van der Waals surface area (Å²) in [5.74, 6) is 5.73. The molecule has 0 spiro atoms. The molecule has 1 aromatic rings. The van der Waals surface area contributed by atoms with Crippen molar-refractivity contribution in [2.45, 2.75) is 44.6 Å². The normalized spacial score (nSPS) is 24.8. The molecule has 19 heavy (non-hydrogen) atoms. The first-order valence-electron chi connectivity index (χ1n) is 6.49. The van der Waals surface area contributed by atoms with Crippen molar-refractivity contribution in [2.75, 3.05) is 13.7 Å². The van der Waals surface area contributed by atoms with Crippen LogP contribution in [0, 0.1) is 0 Å². The van der Waals surface area contributed by atoms with E-state index in [2.05, 4.69) is 33.4 Å². The molecule has 3 atom stereocenters. The van der Waals surface area contributed by atoms with Crippen LogP contribution in [0.2, 0.25) is 0 Å². The van der Waals surface area contributed by atoms with Gasteiger partial charge in [-0.2, -0.15) is 5.10 Å². The zero-order valence-corrected chi connectivity index (χ0v) is 12.9. The summed E-state index contributed by atoms with van der Waals surface area (Å²) in [5, 5.41) is 4.35. The topological polar surface area (TPSA) is 74.3 Å². The van der Waals surface area contributed by atoms with Gasteiger partial charge in [0.25, 0.3) is 0 Å². The van der Waals surface area contributed by atoms with Gasteiger partial charge in [0.15, 0.2) is 0 Å². The number of methoxy groups -OCH3 is 1. The van der Waals surface area contributed by atoms with E-state index in [1.54, 1.807) is 13.3 Å². The van der Waals surface area contributed by atoms with Gasteiger partial charge in [-0.25, -0.2) is 5.43 Å². The molecule has 2 rings (SSSR count). The lowest BCUT2D eigenvalue weighted by molar-refractivity contribution is 0.0291. The summed E-state index contributed by atoms with van der Waals surface area (Å²) >= 11 is 3.54. The summed E-state index contributed by atoms with van der Waals surface area (Å²) in [6.07, 6.45) is 4.21. The fourth-order valence-electron chi connectivity index (χ4n) is 2.48. The number of halogens is 1. The molecule has 6 nitrogen and oxygen atoms in total. The summed E-state index contributed by atoms with van der Waals surface area (Å²) in [5.41, 5.74) is 3.88. The van der Waals surface area contributed by atoms with E-state index in [4.69, 9.17) is 15.3 Å². The third kappa shape index (κ3) is 3.35. The van der Waals surface area contributed by atoms with Gasteiger partial charge in [-0.3, -0.25) is 10.5 Å². The highest BCUT2D eigenvalue weighted by Gasteiger charge is 2.33. The van der Waals surface area contributed by atoms with Crippen LogP contribution in [0.25, 0.3) is 0 Å². The minimum Gasteiger partial charge on any atom is -0.383 e. The molecule has 0 bridgehead atoms. The Bertz CT molecular complexity index is 412. The number of nitrogens with one attached hydrogen (secondary N) is 1. The fourth-order valence-corrected chi connectivity index (χ4v) is 3.02. The van der Waals surface area contributed by atoms with Crippen LogP contribution in [0.3, 0.4) is 0 Å². The monoisotopic (exact) mass is 332 g/mol. The molecule has 0 amide bonds. The molecule has 0 aliphatic carbocycles. The van der Waals surface area contributed by atoms with Crippen LogP contribution in [0.1, 0.15) is 31.5 Å². The quantitative estimate of drug-likeness (QED) is 0.607. The number of nitrogens with zero attached hydrogens (tertiary/aromatic N) is 2. The highest BCUT2D eigenvalue weighted by molar-refractivity contribution is 9.10. The Morgan fingerprint density at radius 3 is 3.05 bits per heavy atom. The second kappa shape index (κ2) is 6.81. The Kier molecular flexibility index (Phi) is 5.35. The third-order valence-electron chi connectivity index (χ3n) is 3.45. The van der Waals surface area contributed by atoms with Crippen molar-refractivity contribution in [2.24, 2.45) is 5.84 Å². The summed E-state index contributed by atoms with van der Waals surface area (Å²) in [6, 6.07) is -0.0707. The van der Waals surface area contributed by atoms with Crippen LogP contribution in [-0.2, 0) is 16.0 Å². The Hall–Kier alpha value is -0.470. The van der Waals surface area contributed by atoms with E-state index in [1.165, 1.54) is 0 Å². The summed E-state index contributed by atoms with van der Waals surface area (Å²) in [4.78, 5) is 0. The van der Waals surface area contributed by atoms with Crippen molar-refractivity contribution < 1.29 is 9.47 Å². The maximum absolute atomic E-state index is 5.92. The van der Waals surface area contributed by atoms with E-state index >= 15 is 0 Å². The molecule has 108 valence electrons. The SMILES string of the molecule is COCCn1ncc(Br)c1C(NN)C1CCC(C)O1. The second-order valence-electron chi connectivity index (χ2n) is 4.80. The van der Waals surface area contributed by atoms with Gasteiger partial charge in [0.05, 0.1) is 47.8 Å². The maximum atomic E-state index is 5.92. The lowest BCUT2D eigenvalue weighted by Gasteiger charge is -2.24. The molecule has 1 saturated heterocycles. The first kappa shape index (κ1) is 14.9. The summed E-state index contributed by atoms with van der Waals surface area (Å²) in [6.45, 7) is 3.39. The highest BCUT2D eigenvalue weighted by atomic mass is 79.9. The van der Waals surface area contributed by atoms with Crippen molar-refractivity contribution in [1.82, 2.24) is 15.2 Å². The van der Waals surface area contributed by atoms with Crippen LogP contribution < -0.4 is 11.3 Å². The zero-order valence-electron chi connectivity index (χ0n) is 11.3. The highest BCUT2D eigenvalue weighted by Crippen LogP contribution is 2.33. The van der Waals surface area contributed by atoms with Gasteiger partial charge in [-0.05, 0) is 35.7 Å². The molecule has 7 heteroatoms. The van der Waals surface area contributed by atoms with Gasteiger partial charge < -0.3 is 9.47 Å². The Morgan fingerprint density at radius 2 is 2.47 bits per heavy atom. The fraction of sp³-hybridized carbons (Fsp3) is 0.750. The van der Waals surface area contributed by atoms with Crippen LogP contribution in [0.5, 0.6) is 0 Å². The summed E-state index contributed by atoms with van der Waals surface area (Å²) in [7, 11) is 1.68. The predicted molar refractivity (Wildman–Crippen MR) is 75.4 cm³/mol. The predicted octanol–water partition coefficient (Wildman–Crippen LogP) is 1.36. The first-order chi connectivity index (χ1) is 9.17. The van der Waals surface area contributed by atoms with Crippen molar-refractivity contribution in [3.63, 3.8) is 0 Å². The minimum absolute atomic E-state index is 0.0707. The largest absolute Gasteiger partial charge is 0.383 e. The second-order valence-corrected chi connectivity index (χ2v) is 5.65. The molecule has 3 N–H and O–H groups in total. The van der Waals surface area contributed by atoms with Gasteiger partial charge in [0.2, 0.25) is 0 Å². The average molecular weight is 333 g/mol. The Balaban J connectivity index is 2.19. The molecule has 3 unspecified atom stereocenters. The minimum atomic E-state index is -0.0707. The lowest BCUT2D eigenvalue weighted by Crippen LogP contribution is -2.38. The lowest BCUT2D eigenvalue weighted by atomic mass is 10.0. The molecule has 1 fully saturated rings. The van der Waals surface area contributed by atoms with Gasteiger partial charge >= 0.3 is 0 Å². The first-order valence-corrected chi connectivity index (χ1v) is 7.28. The molecular formula is C12H21BrN4O2. The zero-order chi connectivity index (χ0) is 13.8. The van der Waals surface area contributed by atoms with Crippen molar-refractivity contribution in [1.29, 1.82) is 0 Å². The average Bonchev–Trinajstić information content (AvgIpc) is 2.97. The smallest absolute Gasteiger partial charge is 0.0901 e. The van der Waals surface area contributed by atoms with E-state index in [0.717, 1.165) is 23.0 Å². The number of rotatable bonds is 6. The number of ether oxygens (including phenoxy) is 2. The number of aromatic nitrogens is 2. The number of hydrazine groups is 1. The van der Waals surface area contributed by atoms with Crippen LogP contribution in [0.15, 0.2) is 10.7 Å². The Morgan fingerprint density at radius 1 is 1.68 bits per heavy atom.